The second-order valence-electron chi connectivity index (χ2n) is 12.3. The lowest BCUT2D eigenvalue weighted by molar-refractivity contribution is -0.595. The van der Waals surface area contributed by atoms with Crippen molar-refractivity contribution in [2.24, 2.45) is 0 Å². The molecule has 46 heavy (non-hydrogen) atoms. The van der Waals surface area contributed by atoms with Gasteiger partial charge in [-0.2, -0.15) is 9.13 Å². The Morgan fingerprint density at radius 1 is 0.370 bits per heavy atom. The van der Waals surface area contributed by atoms with Gasteiger partial charge in [0, 0.05) is 48.5 Å². The van der Waals surface area contributed by atoms with Gasteiger partial charge < -0.3 is 24.8 Å². The Morgan fingerprint density at radius 2 is 0.652 bits per heavy atom. The third-order valence-electron chi connectivity index (χ3n) is 8.88. The fraction of sp³-hybridized carbons (Fsp3) is 0.143. The SMILES string of the molecule is CC(C)c1ccc(-[n+]2ccc(-c3c4ccccc4c(-c4cc[n+](-c5ccc(C(C)C)cc5)cc4)c4ccccc34)cc2)cc1.[Cl-].[Cl-]. The van der Waals surface area contributed by atoms with Crippen LogP contribution in [0.1, 0.15) is 50.7 Å². The third-order valence-corrected chi connectivity index (χ3v) is 8.88. The summed E-state index contributed by atoms with van der Waals surface area (Å²) >= 11 is 0. The van der Waals surface area contributed by atoms with Crippen LogP contribution in [-0.2, 0) is 0 Å². The molecule has 5 aromatic carbocycles. The van der Waals surface area contributed by atoms with Gasteiger partial charge in [-0.25, -0.2) is 0 Å². The highest BCUT2D eigenvalue weighted by molar-refractivity contribution is 6.21. The van der Waals surface area contributed by atoms with Gasteiger partial charge >= 0.3 is 0 Å². The van der Waals surface area contributed by atoms with Crippen LogP contribution >= 0.6 is 0 Å². The maximum Gasteiger partial charge on any atom is 0.210 e. The van der Waals surface area contributed by atoms with Crippen LogP contribution in [0.5, 0.6) is 0 Å². The Balaban J connectivity index is 0.00000208. The molecule has 0 fully saturated rings. The zero-order valence-corrected chi connectivity index (χ0v) is 28.2. The quantitative estimate of drug-likeness (QED) is 0.191. The molecule has 7 rings (SSSR count). The number of halogens is 2. The van der Waals surface area contributed by atoms with Crippen LogP contribution in [0.2, 0.25) is 0 Å². The molecule has 4 heteroatoms. The highest BCUT2D eigenvalue weighted by Crippen LogP contribution is 2.43. The van der Waals surface area contributed by atoms with Crippen molar-refractivity contribution < 1.29 is 33.9 Å². The molecular formula is C42H38Cl2N2. The molecule has 0 bridgehead atoms. The minimum Gasteiger partial charge on any atom is -1.00 e. The molecular weight excluding hydrogens is 603 g/mol. The smallest absolute Gasteiger partial charge is 0.210 e. The maximum absolute atomic E-state index is 2.27. The van der Waals surface area contributed by atoms with E-state index < -0.39 is 0 Å². The average Bonchev–Trinajstić information content (AvgIpc) is 3.07. The first kappa shape index (κ1) is 32.9. The van der Waals surface area contributed by atoms with Gasteiger partial charge in [-0.05, 0) is 66.8 Å². The van der Waals surface area contributed by atoms with Gasteiger partial charge in [0.2, 0.25) is 11.4 Å². The molecule has 0 aliphatic rings. The van der Waals surface area contributed by atoms with Crippen LogP contribution in [-0.4, -0.2) is 0 Å². The van der Waals surface area contributed by atoms with Crippen LogP contribution in [0, 0.1) is 0 Å². The average molecular weight is 642 g/mol. The molecule has 0 spiro atoms. The fourth-order valence-corrected chi connectivity index (χ4v) is 6.34. The highest BCUT2D eigenvalue weighted by Gasteiger charge is 2.18. The van der Waals surface area contributed by atoms with E-state index in [1.54, 1.807) is 0 Å². The monoisotopic (exact) mass is 640 g/mol. The van der Waals surface area contributed by atoms with Crippen molar-refractivity contribution in [3.05, 3.63) is 157 Å². The van der Waals surface area contributed by atoms with Crippen molar-refractivity contribution in [2.75, 3.05) is 0 Å². The number of hydrogen-bond acceptors (Lipinski definition) is 0. The fourth-order valence-electron chi connectivity index (χ4n) is 6.34. The van der Waals surface area contributed by atoms with E-state index in [2.05, 4.69) is 183 Å². The molecule has 0 aliphatic heterocycles. The van der Waals surface area contributed by atoms with Crippen molar-refractivity contribution >= 4 is 21.5 Å². The zero-order chi connectivity index (χ0) is 30.2. The lowest BCUT2D eigenvalue weighted by atomic mass is 9.86. The van der Waals surface area contributed by atoms with Gasteiger partial charge in [0.25, 0.3) is 0 Å². The summed E-state index contributed by atoms with van der Waals surface area (Å²) in [5, 5.41) is 5.06. The molecule has 0 N–H and O–H groups in total. The summed E-state index contributed by atoms with van der Waals surface area (Å²) in [5.74, 6) is 1.05. The Kier molecular flexibility index (Phi) is 9.91. The van der Waals surface area contributed by atoms with Crippen LogP contribution < -0.4 is 33.9 Å². The van der Waals surface area contributed by atoms with Gasteiger partial charge in [0.15, 0.2) is 24.8 Å². The molecule has 2 nitrogen and oxygen atoms in total. The molecule has 0 unspecified atom stereocenters. The van der Waals surface area contributed by atoms with E-state index in [0.29, 0.717) is 11.8 Å². The third kappa shape index (κ3) is 6.16. The highest BCUT2D eigenvalue weighted by atomic mass is 35.5. The van der Waals surface area contributed by atoms with Gasteiger partial charge in [0.05, 0.1) is 0 Å². The number of nitrogens with zero attached hydrogens (tertiary/aromatic N) is 2. The summed E-state index contributed by atoms with van der Waals surface area (Å²) in [4.78, 5) is 0. The summed E-state index contributed by atoms with van der Waals surface area (Å²) in [6.07, 6.45) is 8.73. The van der Waals surface area contributed by atoms with Crippen molar-refractivity contribution in [3.63, 3.8) is 0 Å². The lowest BCUT2D eigenvalue weighted by Gasteiger charge is -2.17. The summed E-state index contributed by atoms with van der Waals surface area (Å²) in [6, 6.07) is 44.5. The first-order valence-corrected chi connectivity index (χ1v) is 15.7. The van der Waals surface area contributed by atoms with Gasteiger partial charge in [-0.15, -0.1) is 0 Å². The molecule has 230 valence electrons. The van der Waals surface area contributed by atoms with Crippen LogP contribution in [0.15, 0.2) is 146 Å². The molecule has 0 saturated heterocycles. The Bertz CT molecular complexity index is 1870. The minimum atomic E-state index is 0. The topological polar surface area (TPSA) is 7.76 Å². The molecule has 7 aromatic rings. The van der Waals surface area contributed by atoms with E-state index in [0.717, 1.165) is 0 Å². The van der Waals surface area contributed by atoms with Gasteiger partial charge in [-0.1, -0.05) is 100 Å². The predicted octanol–water partition coefficient (Wildman–Crippen LogP) is 4.14. The minimum absolute atomic E-state index is 0. The normalized spacial score (nSPS) is 11.1. The lowest BCUT2D eigenvalue weighted by Crippen LogP contribution is -3.00. The standard InChI is InChI=1S/C42H38N2.2ClH/c1-29(2)31-13-17-35(18-14-31)43-25-21-33(22-26-43)41-37-9-5-7-11-39(37)42(40-12-8-6-10-38(40)41)34-23-27-44(28-24-34)36-19-15-32(16-20-36)30(3)4;;/h5-30H,1-4H3;2*1H/q+2;;/p-2. The maximum atomic E-state index is 2.27. The molecule has 0 atom stereocenters. The molecule has 0 saturated carbocycles. The van der Waals surface area contributed by atoms with Crippen LogP contribution in [0.25, 0.3) is 55.2 Å². The first-order chi connectivity index (χ1) is 21.5. The van der Waals surface area contributed by atoms with Gasteiger partial charge in [0.1, 0.15) is 0 Å². The summed E-state index contributed by atoms with van der Waals surface area (Å²) < 4.78 is 4.39. The Hall–Kier alpha value is -4.50. The number of rotatable bonds is 6. The summed E-state index contributed by atoms with van der Waals surface area (Å²) in [5.41, 5.74) is 10.0. The first-order valence-electron chi connectivity index (χ1n) is 15.7. The second kappa shape index (κ2) is 13.9. The van der Waals surface area contributed by atoms with Crippen LogP contribution in [0.4, 0.5) is 0 Å². The van der Waals surface area contributed by atoms with E-state index in [-0.39, 0.29) is 24.8 Å². The van der Waals surface area contributed by atoms with E-state index in [1.165, 1.54) is 66.3 Å². The van der Waals surface area contributed by atoms with Crippen molar-refractivity contribution in [1.82, 2.24) is 0 Å². The molecule has 0 radical (unpaired) electrons. The number of fused-ring (bicyclic) bond motifs is 2. The largest absolute Gasteiger partial charge is 1.00 e. The number of aromatic nitrogens is 2. The number of hydrogen-bond donors (Lipinski definition) is 0. The molecule has 0 amide bonds. The number of benzene rings is 5. The summed E-state index contributed by atoms with van der Waals surface area (Å²) in [7, 11) is 0. The molecule has 2 heterocycles. The van der Waals surface area contributed by atoms with E-state index in [1.807, 2.05) is 0 Å². The van der Waals surface area contributed by atoms with E-state index in [4.69, 9.17) is 0 Å². The second-order valence-corrected chi connectivity index (χ2v) is 12.3. The predicted molar refractivity (Wildman–Crippen MR) is 184 cm³/mol. The molecule has 2 aromatic heterocycles. The zero-order valence-electron chi connectivity index (χ0n) is 26.7. The van der Waals surface area contributed by atoms with E-state index >= 15 is 0 Å². The van der Waals surface area contributed by atoms with Gasteiger partial charge in [-0.3, -0.25) is 0 Å². The number of pyridine rings is 2. The Morgan fingerprint density at radius 3 is 0.913 bits per heavy atom. The Labute approximate surface area is 284 Å². The van der Waals surface area contributed by atoms with Crippen molar-refractivity contribution in [2.45, 2.75) is 39.5 Å². The van der Waals surface area contributed by atoms with E-state index in [9.17, 15) is 0 Å². The van der Waals surface area contributed by atoms with Crippen molar-refractivity contribution in [3.8, 4) is 33.6 Å². The summed E-state index contributed by atoms with van der Waals surface area (Å²) in [6.45, 7) is 8.93. The van der Waals surface area contributed by atoms with Crippen molar-refractivity contribution in [1.29, 1.82) is 0 Å². The molecule has 0 aliphatic carbocycles. The van der Waals surface area contributed by atoms with Crippen LogP contribution in [0.3, 0.4) is 0 Å².